The maximum absolute atomic E-state index is 11.2. The van der Waals surface area contributed by atoms with E-state index >= 15 is 0 Å². The van der Waals surface area contributed by atoms with E-state index in [1.165, 1.54) is 16.4 Å². The Balaban J connectivity index is 0.00000161. The van der Waals surface area contributed by atoms with Gasteiger partial charge in [-0.3, -0.25) is 4.99 Å². The monoisotopic (exact) mass is 529 g/mol. The van der Waals surface area contributed by atoms with Crippen LogP contribution in [0.1, 0.15) is 84.6 Å². The summed E-state index contributed by atoms with van der Waals surface area (Å²) in [6.07, 6.45) is 1.99. The third-order valence-corrected chi connectivity index (χ3v) is 6.52. The molecule has 0 spiro atoms. The number of phenols is 1. The molecule has 0 heterocycles. The summed E-state index contributed by atoms with van der Waals surface area (Å²) in [7, 11) is 10.2. The summed E-state index contributed by atoms with van der Waals surface area (Å²) in [5.41, 5.74) is 4.45. The Labute approximate surface area is 214 Å². The van der Waals surface area contributed by atoms with Crippen LogP contribution in [-0.2, 0) is 27.9 Å². The van der Waals surface area contributed by atoms with Gasteiger partial charge in [-0.25, -0.2) is 0 Å². The first-order valence-electron chi connectivity index (χ1n) is 10.8. The van der Waals surface area contributed by atoms with Gasteiger partial charge in [0.05, 0.1) is 5.54 Å². The first-order chi connectivity index (χ1) is 14.5. The van der Waals surface area contributed by atoms with Crippen LogP contribution in [-0.4, -0.2) is 16.9 Å². The molecule has 2 rings (SSSR count). The molecule has 1 N–H and O–H groups in total. The average molecular weight is 530 g/mol. The zero-order valence-corrected chi connectivity index (χ0v) is 25.2. The summed E-state index contributed by atoms with van der Waals surface area (Å²) in [6, 6.07) is 10.7. The fraction of sp³-hybridized carbons (Fsp3) is 0.500. The third-order valence-electron chi connectivity index (χ3n) is 4.94. The third kappa shape index (κ3) is 9.11. The van der Waals surface area contributed by atoms with E-state index in [4.69, 9.17) is 23.6 Å². The molecule has 0 aliphatic heterocycles. The second-order valence-corrected chi connectivity index (χ2v) is 15.0. The van der Waals surface area contributed by atoms with E-state index in [0.29, 0.717) is 14.3 Å². The first kappa shape index (κ1) is 29.7. The number of aromatic hydroxyl groups is 1. The van der Waals surface area contributed by atoms with Crippen molar-refractivity contribution < 1.29 is 22.1 Å². The van der Waals surface area contributed by atoms with E-state index in [2.05, 4.69) is 99.6 Å². The van der Waals surface area contributed by atoms with Crippen molar-refractivity contribution in [3.05, 3.63) is 52.6 Å². The molecule has 0 saturated heterocycles. The van der Waals surface area contributed by atoms with Crippen LogP contribution in [0.3, 0.4) is 0 Å². The SMILES string of the molecule is Cc1cccc(C=NC(C)(C)C)c1Pc1cc(C(C)(C)C)cc(C(C)(C)C)c1O.[Cl][Ti][Cl]. The summed E-state index contributed by atoms with van der Waals surface area (Å²) in [4.78, 5) is 4.72. The van der Waals surface area contributed by atoms with Gasteiger partial charge >= 0.3 is 35.6 Å². The molecule has 2 aromatic rings. The van der Waals surface area contributed by atoms with Gasteiger partial charge in [-0.1, -0.05) is 74.4 Å². The van der Waals surface area contributed by atoms with E-state index in [0.717, 1.165) is 16.4 Å². The van der Waals surface area contributed by atoms with Crippen LogP contribution in [0.4, 0.5) is 0 Å². The minimum atomic E-state index is -0.556. The van der Waals surface area contributed by atoms with Gasteiger partial charge in [-0.15, -0.1) is 0 Å². The molecule has 0 aliphatic rings. The summed E-state index contributed by atoms with van der Waals surface area (Å²) in [5, 5.41) is 13.5. The second-order valence-electron chi connectivity index (χ2n) is 11.1. The number of halogens is 2. The van der Waals surface area contributed by atoms with Crippen molar-refractivity contribution in [3.8, 4) is 5.75 Å². The Bertz CT molecular complexity index is 939. The van der Waals surface area contributed by atoms with Crippen molar-refractivity contribution in [1.29, 1.82) is 0 Å². The molecule has 1 unspecified atom stereocenters. The van der Waals surface area contributed by atoms with Gasteiger partial charge in [0.2, 0.25) is 0 Å². The van der Waals surface area contributed by atoms with Crippen molar-refractivity contribution in [3.63, 3.8) is 0 Å². The zero-order valence-electron chi connectivity index (χ0n) is 21.1. The predicted octanol–water partition coefficient (Wildman–Crippen LogP) is 7.52. The van der Waals surface area contributed by atoms with Gasteiger partial charge in [-0.2, -0.15) is 0 Å². The van der Waals surface area contributed by atoms with Crippen molar-refractivity contribution >= 4 is 44.0 Å². The number of benzene rings is 2. The topological polar surface area (TPSA) is 32.6 Å². The Morgan fingerprint density at radius 3 is 1.97 bits per heavy atom. The van der Waals surface area contributed by atoms with Crippen LogP contribution in [0, 0.1) is 6.92 Å². The van der Waals surface area contributed by atoms with Crippen LogP contribution >= 0.6 is 27.2 Å². The van der Waals surface area contributed by atoms with E-state index in [-0.39, 0.29) is 16.4 Å². The molecule has 0 saturated carbocycles. The average Bonchev–Trinajstić information content (AvgIpc) is 2.61. The second kappa shape index (κ2) is 11.9. The maximum atomic E-state index is 11.2. The minimum absolute atomic E-state index is 0.0230. The number of nitrogens with zero attached hydrogens (tertiary/aromatic N) is 1. The van der Waals surface area contributed by atoms with E-state index < -0.39 is 17.0 Å². The fourth-order valence-corrected chi connectivity index (χ4v) is 4.42. The Morgan fingerprint density at radius 2 is 1.50 bits per heavy atom. The van der Waals surface area contributed by atoms with Crippen LogP contribution in [0.15, 0.2) is 35.3 Å². The normalized spacial score (nSPS) is 12.9. The molecule has 0 radical (unpaired) electrons. The molecular weight excluding hydrogens is 492 g/mol. The molecule has 176 valence electrons. The summed E-state index contributed by atoms with van der Waals surface area (Å²) >= 11 is -0.556. The van der Waals surface area contributed by atoms with E-state index in [9.17, 15) is 5.11 Å². The Morgan fingerprint density at radius 1 is 0.938 bits per heavy atom. The predicted molar refractivity (Wildman–Crippen MR) is 143 cm³/mol. The number of hydrogen-bond acceptors (Lipinski definition) is 2. The summed E-state index contributed by atoms with van der Waals surface area (Å²) in [6.45, 7) is 21.6. The van der Waals surface area contributed by atoms with Crippen molar-refractivity contribution in [1.82, 2.24) is 0 Å². The van der Waals surface area contributed by atoms with Gasteiger partial charge in [0.25, 0.3) is 0 Å². The quantitative estimate of drug-likeness (QED) is 0.249. The molecule has 1 atom stereocenters. The molecular formula is C26H38Cl2NOPTi. The molecule has 2 aromatic carbocycles. The van der Waals surface area contributed by atoms with Crippen LogP contribution < -0.4 is 10.6 Å². The van der Waals surface area contributed by atoms with Crippen molar-refractivity contribution in [2.45, 2.75) is 85.6 Å². The van der Waals surface area contributed by atoms with Crippen molar-refractivity contribution in [2.24, 2.45) is 4.99 Å². The molecule has 0 amide bonds. The molecule has 0 fully saturated rings. The van der Waals surface area contributed by atoms with Gasteiger partial charge < -0.3 is 5.11 Å². The molecule has 0 aliphatic carbocycles. The fourth-order valence-electron chi connectivity index (χ4n) is 3.10. The molecule has 0 bridgehead atoms. The number of hydrogen-bond donors (Lipinski definition) is 1. The zero-order chi connectivity index (χ0) is 24.9. The number of aryl methyl sites for hydroxylation is 1. The van der Waals surface area contributed by atoms with Gasteiger partial charge in [-0.05, 0) is 61.0 Å². The van der Waals surface area contributed by atoms with Gasteiger partial charge in [0.15, 0.2) is 0 Å². The molecule has 6 heteroatoms. The summed E-state index contributed by atoms with van der Waals surface area (Å²) in [5.74, 6) is 0.436. The van der Waals surface area contributed by atoms with Gasteiger partial charge in [0, 0.05) is 22.6 Å². The molecule has 2 nitrogen and oxygen atoms in total. The molecule has 32 heavy (non-hydrogen) atoms. The molecule has 0 aromatic heterocycles. The number of phenolic OH excluding ortho intramolecular Hbond substituents is 1. The van der Waals surface area contributed by atoms with Crippen LogP contribution in [0.2, 0.25) is 0 Å². The van der Waals surface area contributed by atoms with Crippen LogP contribution in [0.5, 0.6) is 5.75 Å². The first-order valence-corrected chi connectivity index (χ1v) is 16.1. The standard InChI is InChI=1S/C26H38NOP.2ClH.Ti/c1-17-12-11-13-18(16-27-26(8,9)10)23(17)29-21-15-19(24(2,3)4)14-20(22(21)28)25(5,6)7;;;/h11-16,28-29H,1-10H3;2*1H;/q;;;+2/p-2. The van der Waals surface area contributed by atoms with Crippen molar-refractivity contribution in [2.75, 3.05) is 0 Å². The van der Waals surface area contributed by atoms with E-state index in [1.807, 2.05) is 6.21 Å². The van der Waals surface area contributed by atoms with Crippen LogP contribution in [0.25, 0.3) is 0 Å². The number of rotatable bonds is 3. The number of aliphatic imine (C=N–C) groups is 1. The van der Waals surface area contributed by atoms with Gasteiger partial charge in [0.1, 0.15) is 5.75 Å². The van der Waals surface area contributed by atoms with E-state index in [1.54, 1.807) is 0 Å². The summed E-state index contributed by atoms with van der Waals surface area (Å²) < 4.78 is 0. The Hall–Kier alpha value is -0.366. The Kier molecular flexibility index (Phi) is 11.0.